The zero-order valence-corrected chi connectivity index (χ0v) is 10.4. The Kier molecular flexibility index (Phi) is 3.66. The standard InChI is InChI=1S/C14H14N2O3/c1-2-15-14(19)16-12-8-10-6-4-3-5-9(10)7-11(12)13(17)18/h3-8H,2H2,1H3,(H,17,18)(H2,15,16,19). The van der Waals surface area contributed by atoms with Crippen LogP contribution in [0.1, 0.15) is 17.3 Å². The molecule has 0 heterocycles. The van der Waals surface area contributed by atoms with Crippen LogP contribution in [0.3, 0.4) is 0 Å². The highest BCUT2D eigenvalue weighted by atomic mass is 16.4. The molecule has 2 aromatic carbocycles. The fourth-order valence-electron chi connectivity index (χ4n) is 1.85. The maximum atomic E-state index is 11.5. The van der Waals surface area contributed by atoms with E-state index in [1.54, 1.807) is 19.1 Å². The van der Waals surface area contributed by atoms with Crippen molar-refractivity contribution < 1.29 is 14.7 Å². The van der Waals surface area contributed by atoms with Gasteiger partial charge in [0.15, 0.2) is 0 Å². The van der Waals surface area contributed by atoms with Crippen molar-refractivity contribution in [1.82, 2.24) is 5.32 Å². The second-order valence-corrected chi connectivity index (χ2v) is 4.03. The number of nitrogens with one attached hydrogen (secondary N) is 2. The minimum Gasteiger partial charge on any atom is -0.478 e. The Hall–Kier alpha value is -2.56. The summed E-state index contributed by atoms with van der Waals surface area (Å²) >= 11 is 0. The van der Waals surface area contributed by atoms with Crippen LogP contribution in [0, 0.1) is 0 Å². The van der Waals surface area contributed by atoms with Crippen LogP contribution in [-0.4, -0.2) is 23.7 Å². The summed E-state index contributed by atoms with van der Waals surface area (Å²) in [6.07, 6.45) is 0. The van der Waals surface area contributed by atoms with Crippen molar-refractivity contribution in [2.24, 2.45) is 0 Å². The number of hydrogen-bond acceptors (Lipinski definition) is 2. The van der Waals surface area contributed by atoms with Crippen molar-refractivity contribution in [2.75, 3.05) is 11.9 Å². The summed E-state index contributed by atoms with van der Waals surface area (Å²) in [4.78, 5) is 22.7. The van der Waals surface area contributed by atoms with Gasteiger partial charge >= 0.3 is 12.0 Å². The van der Waals surface area contributed by atoms with Crippen LogP contribution >= 0.6 is 0 Å². The van der Waals surface area contributed by atoms with E-state index >= 15 is 0 Å². The highest BCUT2D eigenvalue weighted by Crippen LogP contribution is 2.24. The first-order valence-corrected chi connectivity index (χ1v) is 5.92. The van der Waals surface area contributed by atoms with Crippen molar-refractivity contribution in [3.8, 4) is 0 Å². The average molecular weight is 258 g/mol. The van der Waals surface area contributed by atoms with Crippen molar-refractivity contribution in [3.63, 3.8) is 0 Å². The third-order valence-corrected chi connectivity index (χ3v) is 2.70. The minimum atomic E-state index is -1.07. The third-order valence-electron chi connectivity index (χ3n) is 2.70. The summed E-state index contributed by atoms with van der Waals surface area (Å²) in [6.45, 7) is 2.26. The molecule has 5 heteroatoms. The SMILES string of the molecule is CCNC(=O)Nc1cc2ccccc2cc1C(=O)O. The zero-order valence-electron chi connectivity index (χ0n) is 10.4. The van der Waals surface area contributed by atoms with E-state index in [1.165, 1.54) is 0 Å². The van der Waals surface area contributed by atoms with Gasteiger partial charge in [-0.3, -0.25) is 0 Å². The molecule has 3 N–H and O–H groups in total. The number of anilines is 1. The molecule has 0 fully saturated rings. The van der Waals surface area contributed by atoms with Crippen LogP contribution in [0.15, 0.2) is 36.4 Å². The highest BCUT2D eigenvalue weighted by molar-refractivity contribution is 6.04. The molecule has 0 aliphatic carbocycles. The summed E-state index contributed by atoms with van der Waals surface area (Å²) in [5.74, 6) is -1.07. The van der Waals surface area contributed by atoms with Gasteiger partial charge in [-0.05, 0) is 29.8 Å². The molecule has 98 valence electrons. The minimum absolute atomic E-state index is 0.0740. The van der Waals surface area contributed by atoms with E-state index in [-0.39, 0.29) is 11.3 Å². The molecule has 0 bridgehead atoms. The normalized spacial score (nSPS) is 10.2. The summed E-state index contributed by atoms with van der Waals surface area (Å²) in [7, 11) is 0. The van der Waals surface area contributed by atoms with Crippen LogP contribution < -0.4 is 10.6 Å². The quantitative estimate of drug-likeness (QED) is 0.792. The lowest BCUT2D eigenvalue weighted by Crippen LogP contribution is -2.28. The molecule has 5 nitrogen and oxygen atoms in total. The Morgan fingerprint density at radius 2 is 1.79 bits per heavy atom. The van der Waals surface area contributed by atoms with Gasteiger partial charge in [0.05, 0.1) is 11.3 Å². The summed E-state index contributed by atoms with van der Waals surface area (Å²) in [6, 6.07) is 10.2. The molecule has 2 aromatic rings. The molecule has 0 aliphatic rings. The molecular formula is C14H14N2O3. The number of fused-ring (bicyclic) bond motifs is 1. The predicted octanol–water partition coefficient (Wildman–Crippen LogP) is 2.68. The smallest absolute Gasteiger partial charge is 0.337 e. The Labute approximate surface area is 110 Å². The van der Waals surface area contributed by atoms with Crippen LogP contribution in [-0.2, 0) is 0 Å². The fraction of sp³-hybridized carbons (Fsp3) is 0.143. The number of benzene rings is 2. The lowest BCUT2D eigenvalue weighted by Gasteiger charge is -2.10. The number of carboxylic acids is 1. The number of urea groups is 1. The maximum absolute atomic E-state index is 11.5. The second-order valence-electron chi connectivity index (χ2n) is 4.03. The number of carbonyl (C=O) groups is 2. The van der Waals surface area contributed by atoms with Gasteiger partial charge in [-0.1, -0.05) is 24.3 Å². The zero-order chi connectivity index (χ0) is 13.8. The van der Waals surface area contributed by atoms with Crippen molar-refractivity contribution >= 4 is 28.5 Å². The lowest BCUT2D eigenvalue weighted by atomic mass is 10.0. The fourth-order valence-corrected chi connectivity index (χ4v) is 1.85. The van der Waals surface area contributed by atoms with E-state index in [9.17, 15) is 14.7 Å². The summed E-state index contributed by atoms with van der Waals surface area (Å²) in [5.41, 5.74) is 0.363. The van der Waals surface area contributed by atoms with Gasteiger partial charge in [-0.25, -0.2) is 9.59 Å². The van der Waals surface area contributed by atoms with E-state index in [2.05, 4.69) is 10.6 Å². The number of aromatic carboxylic acids is 1. The Morgan fingerprint density at radius 1 is 1.16 bits per heavy atom. The molecule has 0 spiro atoms. The highest BCUT2D eigenvalue weighted by Gasteiger charge is 2.13. The van der Waals surface area contributed by atoms with Gasteiger partial charge in [0.1, 0.15) is 0 Å². The first-order valence-electron chi connectivity index (χ1n) is 5.92. The molecule has 2 amide bonds. The molecule has 19 heavy (non-hydrogen) atoms. The monoisotopic (exact) mass is 258 g/mol. The molecule has 0 aliphatic heterocycles. The van der Waals surface area contributed by atoms with Crippen molar-refractivity contribution in [1.29, 1.82) is 0 Å². The van der Waals surface area contributed by atoms with Crippen LogP contribution in [0.25, 0.3) is 10.8 Å². The van der Waals surface area contributed by atoms with Crippen molar-refractivity contribution in [2.45, 2.75) is 6.92 Å². The summed E-state index contributed by atoms with van der Waals surface area (Å²) < 4.78 is 0. The lowest BCUT2D eigenvalue weighted by molar-refractivity contribution is 0.0698. The third kappa shape index (κ3) is 2.82. The number of hydrogen-bond donors (Lipinski definition) is 3. The predicted molar refractivity (Wildman–Crippen MR) is 73.6 cm³/mol. The van der Waals surface area contributed by atoms with Gasteiger partial charge < -0.3 is 15.7 Å². The van der Waals surface area contributed by atoms with E-state index in [0.717, 1.165) is 10.8 Å². The average Bonchev–Trinajstić information content (AvgIpc) is 2.38. The Bertz CT molecular complexity index is 638. The van der Waals surface area contributed by atoms with Gasteiger partial charge in [0, 0.05) is 6.54 Å². The largest absolute Gasteiger partial charge is 0.478 e. The van der Waals surface area contributed by atoms with Gasteiger partial charge in [0.25, 0.3) is 0 Å². The number of rotatable bonds is 3. The Morgan fingerprint density at radius 3 is 2.37 bits per heavy atom. The molecule has 2 rings (SSSR count). The van der Waals surface area contributed by atoms with E-state index in [4.69, 9.17) is 0 Å². The maximum Gasteiger partial charge on any atom is 0.337 e. The van der Waals surface area contributed by atoms with Gasteiger partial charge in [-0.2, -0.15) is 0 Å². The van der Waals surface area contributed by atoms with Crippen molar-refractivity contribution in [3.05, 3.63) is 42.0 Å². The second kappa shape index (κ2) is 5.39. The first kappa shape index (κ1) is 12.9. The molecule has 0 radical (unpaired) electrons. The summed E-state index contributed by atoms with van der Waals surface area (Å²) in [5, 5.41) is 16.0. The van der Waals surface area contributed by atoms with E-state index < -0.39 is 12.0 Å². The van der Waals surface area contributed by atoms with E-state index in [1.807, 2.05) is 24.3 Å². The molecule has 0 aromatic heterocycles. The topological polar surface area (TPSA) is 78.4 Å². The molecule has 0 unspecified atom stereocenters. The number of amides is 2. The van der Waals surface area contributed by atoms with Gasteiger partial charge in [0.2, 0.25) is 0 Å². The van der Waals surface area contributed by atoms with Crippen LogP contribution in [0.5, 0.6) is 0 Å². The van der Waals surface area contributed by atoms with E-state index in [0.29, 0.717) is 6.54 Å². The number of carbonyl (C=O) groups excluding carboxylic acids is 1. The first-order chi connectivity index (χ1) is 9.11. The van der Waals surface area contributed by atoms with Crippen LogP contribution in [0.4, 0.5) is 10.5 Å². The Balaban J connectivity index is 2.47. The van der Waals surface area contributed by atoms with Crippen LogP contribution in [0.2, 0.25) is 0 Å². The van der Waals surface area contributed by atoms with Gasteiger partial charge in [-0.15, -0.1) is 0 Å². The molecule has 0 saturated heterocycles. The number of carboxylic acid groups (broad SMARTS) is 1. The molecule has 0 atom stereocenters. The molecular weight excluding hydrogens is 244 g/mol. The molecule has 0 saturated carbocycles.